The molecule has 0 aliphatic carbocycles. The molecule has 0 aliphatic heterocycles. The molecule has 0 fully saturated rings. The first-order valence-corrected chi connectivity index (χ1v) is 5.80. The predicted molar refractivity (Wildman–Crippen MR) is 50.4 cm³/mol. The van der Waals surface area contributed by atoms with E-state index in [1.165, 1.54) is 19.3 Å². The Bertz CT molecular complexity index is 414. The maximum atomic E-state index is 11.5. The third-order valence-electron chi connectivity index (χ3n) is 1.60. The number of hydrogen-bond acceptors (Lipinski definition) is 3. The smallest absolute Gasteiger partial charge is 0.125 e. The predicted octanol–water partition coefficient (Wildman–Crippen LogP) is 0.345. The quantitative estimate of drug-likeness (QED) is 0.448. The summed E-state index contributed by atoms with van der Waals surface area (Å²) in [5.41, 5.74) is 0.715. The molecule has 6 heteroatoms. The van der Waals surface area contributed by atoms with E-state index in [9.17, 15) is 9.42 Å². The summed E-state index contributed by atoms with van der Waals surface area (Å²) >= 11 is 0. The van der Waals surface area contributed by atoms with Crippen LogP contribution in [0, 0.1) is 11.4 Å². The van der Waals surface area contributed by atoms with Crippen molar-refractivity contribution in [1.82, 2.24) is 0 Å². The van der Waals surface area contributed by atoms with Crippen molar-refractivity contribution in [3.63, 3.8) is 0 Å². The normalized spacial score (nSPS) is 13.9. The number of hydrogen-bond donors (Lipinski definition) is 0. The first-order chi connectivity index (χ1) is 6.03. The van der Waals surface area contributed by atoms with Gasteiger partial charge in [-0.2, -0.15) is 6.07 Å². The molecule has 1 aromatic rings. The summed E-state index contributed by atoms with van der Waals surface area (Å²) in [5, 5.41) is 10.8. The van der Waals surface area contributed by atoms with Crippen LogP contribution in [-0.4, -0.2) is 17.5 Å². The van der Waals surface area contributed by atoms with E-state index in [-0.39, 0.29) is 32.7 Å². The fourth-order valence-corrected chi connectivity index (χ4v) is 1.83. The van der Waals surface area contributed by atoms with Gasteiger partial charge in [0.15, 0.2) is 0 Å². The minimum atomic E-state index is -2.18. The van der Waals surface area contributed by atoms with E-state index in [2.05, 4.69) is 10.6 Å². The van der Waals surface area contributed by atoms with Gasteiger partial charge in [-0.15, -0.1) is 6.07 Å². The fourth-order valence-electron chi connectivity index (χ4n) is 0.908. The average molecular weight is 288 g/mol. The molecule has 75 valence electrons. The maximum Gasteiger partial charge on any atom is 0.125 e. The van der Waals surface area contributed by atoms with Gasteiger partial charge in [-0.25, -0.2) is 8.57 Å². The molecule has 0 aliphatic rings. The van der Waals surface area contributed by atoms with Gasteiger partial charge in [0.2, 0.25) is 0 Å². The van der Waals surface area contributed by atoms with Crippen LogP contribution in [0.2, 0.25) is 0 Å². The molecule has 1 rings (SSSR count). The zero-order valence-corrected chi connectivity index (χ0v) is 11.8. The Morgan fingerprint density at radius 3 is 2.86 bits per heavy atom. The second-order valence-corrected chi connectivity index (χ2v) is 5.35. The van der Waals surface area contributed by atoms with Crippen LogP contribution in [0.25, 0.3) is 0 Å². The monoisotopic (exact) mass is 288 g/mol. The summed E-state index contributed by atoms with van der Waals surface area (Å²) in [6.07, 6.45) is 5.34. The fraction of sp³-hybridized carbons (Fsp3) is 0.375. The van der Waals surface area contributed by atoms with Crippen LogP contribution in [0.4, 0.5) is 0 Å². The van der Waals surface area contributed by atoms with Gasteiger partial charge in [-0.1, -0.05) is 5.56 Å². The summed E-state index contributed by atoms with van der Waals surface area (Å²) in [6, 6.07) is 3.22. The Kier molecular flexibility index (Phi) is 5.78. The molecule has 0 saturated heterocycles. The topological polar surface area (TPSA) is 56.4 Å². The Balaban J connectivity index is 0.00000169. The second-order valence-electron chi connectivity index (χ2n) is 2.78. The van der Waals surface area contributed by atoms with Gasteiger partial charge in [-0.3, -0.25) is 4.73 Å². The van der Waals surface area contributed by atoms with Crippen molar-refractivity contribution in [2.45, 2.75) is 5.75 Å². The van der Waals surface area contributed by atoms with Crippen LogP contribution in [-0.2, 0) is 48.2 Å². The molecule has 0 N–H and O–H groups in total. The van der Waals surface area contributed by atoms with Crippen molar-refractivity contribution in [2.75, 3.05) is 13.3 Å². The van der Waals surface area contributed by atoms with Gasteiger partial charge in [0.05, 0.1) is 6.20 Å². The molecule has 1 radical (unpaired) electrons. The molecule has 4 nitrogen and oxygen atoms in total. The van der Waals surface area contributed by atoms with Crippen molar-refractivity contribution in [3.8, 4) is 0 Å². The molecule has 14 heavy (non-hydrogen) atoms. The largest absolute Gasteiger partial charge is 0.641 e. The van der Waals surface area contributed by atoms with E-state index in [1.807, 2.05) is 0 Å². The molecule has 1 heterocycles. The van der Waals surface area contributed by atoms with Crippen LogP contribution in [0.15, 0.2) is 22.7 Å². The number of rotatable bonds is 2. The first kappa shape index (κ1) is 14.0. The Labute approximate surface area is 109 Å². The van der Waals surface area contributed by atoms with Crippen LogP contribution in [0.5, 0.6) is 0 Å². The second kappa shape index (κ2) is 5.78. The Morgan fingerprint density at radius 2 is 2.36 bits per heavy atom. The molecular weight excluding hydrogens is 277 g/mol. The van der Waals surface area contributed by atoms with Gasteiger partial charge in [-0.05, 0) is 0 Å². The third kappa shape index (κ3) is 4.48. The number of pyridine rings is 1. The molecular formula is C8H11N2O2SY-. The zero-order valence-electron chi connectivity index (χ0n) is 8.14. The van der Waals surface area contributed by atoms with Gasteiger partial charge in [0.1, 0.15) is 6.20 Å². The van der Waals surface area contributed by atoms with E-state index < -0.39 is 9.73 Å². The van der Waals surface area contributed by atoms with E-state index in [0.29, 0.717) is 16.0 Å². The molecule has 1 unspecified atom stereocenters. The summed E-state index contributed by atoms with van der Waals surface area (Å²) in [6.45, 7) is 0. The van der Waals surface area contributed by atoms with Crippen LogP contribution in [0.3, 0.4) is 0 Å². The minimum Gasteiger partial charge on any atom is -0.641 e. The van der Waals surface area contributed by atoms with E-state index in [0.717, 1.165) is 0 Å². The van der Waals surface area contributed by atoms with Crippen molar-refractivity contribution < 1.29 is 41.6 Å². The van der Waals surface area contributed by atoms with E-state index >= 15 is 0 Å². The molecule has 0 saturated carbocycles. The molecule has 0 aromatic carbocycles. The molecule has 1 atom stereocenters. The van der Waals surface area contributed by atoms with Crippen LogP contribution >= 0.6 is 0 Å². The summed E-state index contributed by atoms with van der Waals surface area (Å²) < 4.78 is 15.9. The van der Waals surface area contributed by atoms with Gasteiger partial charge >= 0.3 is 0 Å². The SMILES string of the molecule is CN=S(C)(=O)Cc1cc[c-][n+]([O-])c1.[Y]. The Morgan fingerprint density at radius 1 is 1.71 bits per heavy atom. The third-order valence-corrected chi connectivity index (χ3v) is 3.24. The van der Waals surface area contributed by atoms with Crippen molar-refractivity contribution in [1.29, 1.82) is 0 Å². The minimum absolute atomic E-state index is 0. The summed E-state index contributed by atoms with van der Waals surface area (Å²) in [5.74, 6) is 0.306. The van der Waals surface area contributed by atoms with E-state index in [1.54, 1.807) is 12.3 Å². The standard InChI is InChI=1S/C8H11N2O2S.Y/c1-9-13(2,12)7-8-4-3-5-10(11)6-8;/h3-4,6H,7H2,1-2H3;/q-1;. The van der Waals surface area contributed by atoms with Crippen molar-refractivity contribution in [3.05, 3.63) is 35.3 Å². The average Bonchev–Trinajstić information content (AvgIpc) is 2.03. The number of aromatic nitrogens is 1. The molecule has 0 spiro atoms. The van der Waals surface area contributed by atoms with Crippen LogP contribution in [0.1, 0.15) is 5.56 Å². The van der Waals surface area contributed by atoms with E-state index in [4.69, 9.17) is 0 Å². The van der Waals surface area contributed by atoms with Crippen molar-refractivity contribution in [2.24, 2.45) is 4.36 Å². The maximum absolute atomic E-state index is 11.5. The van der Waals surface area contributed by atoms with Crippen LogP contribution < -0.4 is 4.73 Å². The zero-order chi connectivity index (χ0) is 9.90. The number of nitrogens with zero attached hydrogens (tertiary/aromatic N) is 2. The summed E-state index contributed by atoms with van der Waals surface area (Å²) in [7, 11) is -0.664. The first-order valence-electron chi connectivity index (χ1n) is 3.71. The molecule has 0 bridgehead atoms. The van der Waals surface area contributed by atoms with Gasteiger partial charge in [0, 0.05) is 61.5 Å². The Hall–Kier alpha value is 0.00390. The molecule has 0 amide bonds. The van der Waals surface area contributed by atoms with Gasteiger partial charge < -0.3 is 5.21 Å². The summed E-state index contributed by atoms with van der Waals surface area (Å²) in [4.78, 5) is 0. The van der Waals surface area contributed by atoms with Gasteiger partial charge in [0.25, 0.3) is 0 Å². The molecule has 1 aromatic heterocycles. The van der Waals surface area contributed by atoms with Crippen molar-refractivity contribution >= 4 is 9.73 Å².